The molecule has 0 spiro atoms. The zero-order valence-electron chi connectivity index (χ0n) is 10.4. The molecule has 1 aliphatic carbocycles. The zero-order chi connectivity index (χ0) is 11.0. The largest absolute Gasteiger partial charge is 0.330 e. The van der Waals surface area contributed by atoms with Gasteiger partial charge in [-0.05, 0) is 50.6 Å². The molecule has 0 unspecified atom stereocenters. The molecule has 0 aromatic heterocycles. The molecule has 1 fully saturated rings. The van der Waals surface area contributed by atoms with Crippen LogP contribution < -0.4 is 11.1 Å². The molecule has 0 amide bonds. The summed E-state index contributed by atoms with van der Waals surface area (Å²) in [5, 5.41) is 3.61. The van der Waals surface area contributed by atoms with Crippen LogP contribution in [0.2, 0.25) is 0 Å². The molecule has 0 aromatic carbocycles. The molecule has 0 heterocycles. The summed E-state index contributed by atoms with van der Waals surface area (Å²) in [6.07, 6.45) is 10.8. The molecular formula is C13H28N2. The van der Waals surface area contributed by atoms with Crippen molar-refractivity contribution in [3.63, 3.8) is 0 Å². The molecule has 1 rings (SSSR count). The fourth-order valence-electron chi connectivity index (χ4n) is 2.11. The van der Waals surface area contributed by atoms with Crippen LogP contribution in [0.5, 0.6) is 0 Å². The first-order chi connectivity index (χ1) is 7.33. The van der Waals surface area contributed by atoms with E-state index in [1.165, 1.54) is 64.5 Å². The van der Waals surface area contributed by atoms with Crippen LogP contribution in [-0.4, -0.2) is 19.6 Å². The Bertz CT molecular complexity index is 153. The maximum absolute atomic E-state index is 5.45. The average Bonchev–Trinajstić information content (AvgIpc) is 3.03. The normalized spacial score (nSPS) is 18.0. The summed E-state index contributed by atoms with van der Waals surface area (Å²) in [5.74, 6) is 0. The summed E-state index contributed by atoms with van der Waals surface area (Å²) in [6.45, 7) is 5.65. The Morgan fingerprint density at radius 2 is 1.73 bits per heavy atom. The molecule has 0 atom stereocenters. The number of nitrogens with one attached hydrogen (secondary N) is 1. The molecule has 0 bridgehead atoms. The fraction of sp³-hybridized carbons (Fsp3) is 1.00. The molecule has 0 aliphatic heterocycles. The second kappa shape index (κ2) is 7.24. The predicted octanol–water partition coefficient (Wildman–Crippen LogP) is 2.68. The van der Waals surface area contributed by atoms with Gasteiger partial charge in [-0.1, -0.05) is 26.2 Å². The van der Waals surface area contributed by atoms with Gasteiger partial charge in [-0.2, -0.15) is 0 Å². The van der Waals surface area contributed by atoms with Gasteiger partial charge >= 0.3 is 0 Å². The van der Waals surface area contributed by atoms with Crippen molar-refractivity contribution in [2.45, 2.75) is 58.3 Å². The Balaban J connectivity index is 1.77. The highest BCUT2D eigenvalue weighted by Gasteiger charge is 2.39. The van der Waals surface area contributed by atoms with Crippen LogP contribution >= 0.6 is 0 Å². The van der Waals surface area contributed by atoms with Gasteiger partial charge in [0.2, 0.25) is 0 Å². The van der Waals surface area contributed by atoms with Crippen LogP contribution in [0.3, 0.4) is 0 Å². The van der Waals surface area contributed by atoms with Gasteiger partial charge in [-0.15, -0.1) is 0 Å². The lowest BCUT2D eigenvalue weighted by molar-refractivity contribution is 0.437. The minimum atomic E-state index is 0.708. The Hall–Kier alpha value is -0.0800. The molecule has 0 saturated heterocycles. The SMILES string of the molecule is CCC1(CNCCCCCCCN)CC1. The molecule has 90 valence electrons. The summed E-state index contributed by atoms with van der Waals surface area (Å²) in [6, 6.07) is 0. The van der Waals surface area contributed by atoms with E-state index in [0.717, 1.165) is 6.54 Å². The van der Waals surface area contributed by atoms with E-state index in [-0.39, 0.29) is 0 Å². The monoisotopic (exact) mass is 212 g/mol. The van der Waals surface area contributed by atoms with Crippen molar-refractivity contribution in [2.75, 3.05) is 19.6 Å². The van der Waals surface area contributed by atoms with Gasteiger partial charge in [-0.25, -0.2) is 0 Å². The second-order valence-electron chi connectivity index (χ2n) is 5.09. The molecule has 2 nitrogen and oxygen atoms in total. The van der Waals surface area contributed by atoms with Gasteiger partial charge in [0.1, 0.15) is 0 Å². The quantitative estimate of drug-likeness (QED) is 0.546. The van der Waals surface area contributed by atoms with Gasteiger partial charge < -0.3 is 11.1 Å². The summed E-state index contributed by atoms with van der Waals surface area (Å²) in [5.41, 5.74) is 6.16. The summed E-state index contributed by atoms with van der Waals surface area (Å²) < 4.78 is 0. The molecule has 3 N–H and O–H groups in total. The van der Waals surface area contributed by atoms with Crippen LogP contribution in [0, 0.1) is 5.41 Å². The highest BCUT2D eigenvalue weighted by atomic mass is 14.9. The van der Waals surface area contributed by atoms with Crippen molar-refractivity contribution in [2.24, 2.45) is 11.1 Å². The summed E-state index contributed by atoms with van der Waals surface area (Å²) in [4.78, 5) is 0. The zero-order valence-corrected chi connectivity index (χ0v) is 10.4. The first-order valence-electron chi connectivity index (χ1n) is 6.74. The smallest absolute Gasteiger partial charge is 0.000771 e. The molecule has 1 aliphatic rings. The maximum Gasteiger partial charge on any atom is 0.000771 e. The number of rotatable bonds is 10. The first kappa shape index (κ1) is 13.0. The standard InChI is InChI=1S/C13H28N2/c1-2-13(8-9-13)12-15-11-7-5-3-4-6-10-14/h15H,2-12,14H2,1H3. The van der Waals surface area contributed by atoms with Gasteiger partial charge in [0, 0.05) is 6.54 Å². The molecule has 1 saturated carbocycles. The van der Waals surface area contributed by atoms with E-state index >= 15 is 0 Å². The van der Waals surface area contributed by atoms with Crippen LogP contribution in [0.25, 0.3) is 0 Å². The van der Waals surface area contributed by atoms with Gasteiger partial charge in [0.25, 0.3) is 0 Å². The maximum atomic E-state index is 5.45. The molecule has 2 heteroatoms. The van der Waals surface area contributed by atoms with Crippen molar-refractivity contribution in [1.82, 2.24) is 5.32 Å². The predicted molar refractivity (Wildman–Crippen MR) is 67.0 cm³/mol. The van der Waals surface area contributed by atoms with Crippen molar-refractivity contribution >= 4 is 0 Å². The van der Waals surface area contributed by atoms with E-state index < -0.39 is 0 Å². The van der Waals surface area contributed by atoms with Crippen molar-refractivity contribution in [1.29, 1.82) is 0 Å². The van der Waals surface area contributed by atoms with E-state index in [2.05, 4.69) is 12.2 Å². The van der Waals surface area contributed by atoms with E-state index in [9.17, 15) is 0 Å². The Labute approximate surface area is 95.0 Å². The van der Waals surface area contributed by atoms with Crippen molar-refractivity contribution in [3.05, 3.63) is 0 Å². The molecular weight excluding hydrogens is 184 g/mol. The van der Waals surface area contributed by atoms with Gasteiger partial charge in [0.15, 0.2) is 0 Å². The summed E-state index contributed by atoms with van der Waals surface area (Å²) >= 11 is 0. The van der Waals surface area contributed by atoms with Crippen LogP contribution in [0.4, 0.5) is 0 Å². The Morgan fingerprint density at radius 3 is 2.33 bits per heavy atom. The van der Waals surface area contributed by atoms with Gasteiger partial charge in [0.05, 0.1) is 0 Å². The van der Waals surface area contributed by atoms with E-state index in [0.29, 0.717) is 5.41 Å². The number of hydrogen-bond acceptors (Lipinski definition) is 2. The van der Waals surface area contributed by atoms with E-state index in [1.807, 2.05) is 0 Å². The number of unbranched alkanes of at least 4 members (excludes halogenated alkanes) is 4. The second-order valence-corrected chi connectivity index (χ2v) is 5.09. The number of nitrogens with two attached hydrogens (primary N) is 1. The lowest BCUT2D eigenvalue weighted by Crippen LogP contribution is -2.24. The van der Waals surface area contributed by atoms with E-state index in [1.54, 1.807) is 0 Å². The van der Waals surface area contributed by atoms with Crippen molar-refractivity contribution in [3.8, 4) is 0 Å². The van der Waals surface area contributed by atoms with Crippen LogP contribution in [-0.2, 0) is 0 Å². The minimum Gasteiger partial charge on any atom is -0.330 e. The first-order valence-corrected chi connectivity index (χ1v) is 6.74. The Morgan fingerprint density at radius 1 is 1.07 bits per heavy atom. The third-order valence-corrected chi connectivity index (χ3v) is 3.76. The van der Waals surface area contributed by atoms with Crippen LogP contribution in [0.15, 0.2) is 0 Å². The topological polar surface area (TPSA) is 38.0 Å². The van der Waals surface area contributed by atoms with Gasteiger partial charge in [-0.3, -0.25) is 0 Å². The van der Waals surface area contributed by atoms with Crippen LogP contribution in [0.1, 0.15) is 58.3 Å². The number of hydrogen-bond donors (Lipinski definition) is 2. The average molecular weight is 212 g/mol. The van der Waals surface area contributed by atoms with Crippen molar-refractivity contribution < 1.29 is 0 Å². The highest BCUT2D eigenvalue weighted by Crippen LogP contribution is 2.47. The Kier molecular flexibility index (Phi) is 6.26. The molecule has 0 radical (unpaired) electrons. The lowest BCUT2D eigenvalue weighted by Gasteiger charge is -2.13. The third kappa shape index (κ3) is 5.53. The highest BCUT2D eigenvalue weighted by molar-refractivity contribution is 4.93. The summed E-state index contributed by atoms with van der Waals surface area (Å²) in [7, 11) is 0. The third-order valence-electron chi connectivity index (χ3n) is 3.76. The molecule has 0 aromatic rings. The lowest BCUT2D eigenvalue weighted by atomic mass is 10.0. The minimum absolute atomic E-state index is 0.708. The molecule has 15 heavy (non-hydrogen) atoms. The van der Waals surface area contributed by atoms with E-state index in [4.69, 9.17) is 5.73 Å². The fourth-order valence-corrected chi connectivity index (χ4v) is 2.11.